The first kappa shape index (κ1) is 30.2. The summed E-state index contributed by atoms with van der Waals surface area (Å²) in [6.45, 7) is 4.08. The monoisotopic (exact) mass is 591 g/mol. The van der Waals surface area contributed by atoms with Gasteiger partial charge in [0, 0.05) is 7.05 Å². The van der Waals surface area contributed by atoms with E-state index in [0.29, 0.717) is 0 Å². The first-order valence-corrected chi connectivity index (χ1v) is 14.1. The summed E-state index contributed by atoms with van der Waals surface area (Å²) in [5.41, 5.74) is 3.36. The number of carbonyl (C=O) groups is 1. The minimum atomic E-state index is -4.34. The maximum atomic E-state index is 16.1. The number of fused-ring (bicyclic) bond motifs is 1. The van der Waals surface area contributed by atoms with Crippen LogP contribution in [0.5, 0.6) is 5.75 Å². The first-order valence-electron chi connectivity index (χ1n) is 12.6. The van der Waals surface area contributed by atoms with Crippen LogP contribution in [0.15, 0.2) is 36.7 Å². The van der Waals surface area contributed by atoms with Gasteiger partial charge in [0.25, 0.3) is 0 Å². The Morgan fingerprint density at radius 3 is 2.68 bits per heavy atom. The molecule has 0 amide bonds. The van der Waals surface area contributed by atoms with Gasteiger partial charge in [-0.1, -0.05) is 24.1 Å². The normalized spacial score (nSPS) is 24.5. The molecule has 1 unspecified atom stereocenters. The molecule has 1 aromatic carbocycles. The average molecular weight is 592 g/mol. The fourth-order valence-electron chi connectivity index (χ4n) is 4.10. The van der Waals surface area contributed by atoms with Crippen molar-refractivity contribution in [2.75, 3.05) is 24.7 Å². The van der Waals surface area contributed by atoms with Crippen molar-refractivity contribution in [2.45, 2.75) is 57.0 Å². The van der Waals surface area contributed by atoms with E-state index in [1.165, 1.54) is 30.0 Å². The van der Waals surface area contributed by atoms with Crippen LogP contribution in [0.4, 0.5) is 16.2 Å². The number of imidazole rings is 1. The van der Waals surface area contributed by atoms with Gasteiger partial charge in [-0.3, -0.25) is 13.9 Å². The van der Waals surface area contributed by atoms with Crippen molar-refractivity contribution in [3.8, 4) is 18.1 Å². The largest absolute Gasteiger partial charge is 0.462 e. The quantitative estimate of drug-likeness (QED) is 0.145. The van der Waals surface area contributed by atoms with Crippen molar-refractivity contribution in [3.05, 3.63) is 36.7 Å². The van der Waals surface area contributed by atoms with Crippen molar-refractivity contribution >= 4 is 36.6 Å². The van der Waals surface area contributed by atoms with Gasteiger partial charge in [-0.25, -0.2) is 13.9 Å². The van der Waals surface area contributed by atoms with Crippen LogP contribution in [0.1, 0.15) is 27.0 Å². The zero-order valence-electron chi connectivity index (χ0n) is 22.7. The number of aliphatic hydroxyl groups is 1. The third-order valence-electron chi connectivity index (χ3n) is 6.03. The number of halogens is 1. The SMILES string of the molecule is C#C[C@@]1(F)[C@H](O)[C@@H](CO[P@](=O)(NC(C)C(=O)OC(C)C)Oc2ccccc2)O[C@H]1n1cnc2c(NC)nc(N)nc21. The number of alkyl halides is 1. The van der Waals surface area contributed by atoms with Crippen molar-refractivity contribution < 1.29 is 37.4 Å². The molecule has 2 aromatic heterocycles. The molecule has 0 aliphatic carbocycles. The Hall–Kier alpha value is -3.80. The molecule has 14 nitrogen and oxygen atoms in total. The van der Waals surface area contributed by atoms with E-state index >= 15 is 4.39 Å². The Morgan fingerprint density at radius 1 is 1.34 bits per heavy atom. The molecule has 3 heterocycles. The zero-order valence-corrected chi connectivity index (χ0v) is 23.6. The van der Waals surface area contributed by atoms with Gasteiger partial charge in [0.05, 0.1) is 19.0 Å². The van der Waals surface area contributed by atoms with Crippen LogP contribution in [0.3, 0.4) is 0 Å². The highest BCUT2D eigenvalue weighted by Crippen LogP contribution is 2.48. The van der Waals surface area contributed by atoms with E-state index in [-0.39, 0.29) is 28.7 Å². The third-order valence-corrected chi connectivity index (χ3v) is 7.67. The molecule has 0 spiro atoms. The minimum Gasteiger partial charge on any atom is -0.462 e. The number of esters is 1. The predicted octanol–water partition coefficient (Wildman–Crippen LogP) is 2.18. The number of rotatable bonds is 11. The molecule has 5 N–H and O–H groups in total. The van der Waals surface area contributed by atoms with Gasteiger partial charge in [0.1, 0.15) is 24.0 Å². The van der Waals surface area contributed by atoms with E-state index < -0.39 is 56.6 Å². The van der Waals surface area contributed by atoms with Gasteiger partial charge in [0.15, 0.2) is 23.2 Å². The van der Waals surface area contributed by atoms with Gasteiger partial charge in [-0.2, -0.15) is 15.1 Å². The zero-order chi connectivity index (χ0) is 29.9. The number of terminal acetylenes is 1. The highest BCUT2D eigenvalue weighted by molar-refractivity contribution is 7.52. The van der Waals surface area contributed by atoms with Gasteiger partial charge in [-0.15, -0.1) is 6.42 Å². The summed E-state index contributed by atoms with van der Waals surface area (Å²) in [5.74, 6) is 1.57. The second-order valence-corrected chi connectivity index (χ2v) is 11.1. The number of aliphatic hydroxyl groups excluding tert-OH is 1. The van der Waals surface area contributed by atoms with E-state index in [0.717, 1.165) is 0 Å². The van der Waals surface area contributed by atoms with Crippen molar-refractivity contribution in [1.82, 2.24) is 24.6 Å². The Kier molecular flexibility index (Phi) is 8.81. The number of nitrogens with zero attached hydrogens (tertiary/aromatic N) is 4. The maximum absolute atomic E-state index is 16.1. The number of anilines is 2. The van der Waals surface area contributed by atoms with Crippen molar-refractivity contribution in [1.29, 1.82) is 0 Å². The van der Waals surface area contributed by atoms with Crippen molar-refractivity contribution in [3.63, 3.8) is 0 Å². The van der Waals surface area contributed by atoms with E-state index in [1.54, 1.807) is 39.1 Å². The molecule has 1 aliphatic rings. The molecule has 1 aliphatic heterocycles. The molecule has 4 rings (SSSR count). The number of nitrogens with two attached hydrogens (primary N) is 1. The lowest BCUT2D eigenvalue weighted by atomic mass is 9.97. The van der Waals surface area contributed by atoms with Crippen LogP contribution < -0.4 is 20.7 Å². The smallest absolute Gasteiger partial charge is 0.459 e. The highest BCUT2D eigenvalue weighted by Gasteiger charge is 2.58. The standard InChI is InChI=1S/C25H31FN7O7P/c1-6-25(26)19(34)17(39-23(25)33-13-29-18-20(28-5)30-24(27)31-21(18)33)12-37-41(36,40-16-10-8-7-9-11-16)32-15(4)22(35)38-14(2)3/h1,7-11,13-15,17,19,23,34H,12H2,2-5H3,(H,32,36)(H3,27,28,30,31)/t15?,17-,19-,23-,25-,41-/m1/s1. The maximum Gasteiger partial charge on any atom is 0.459 e. The summed E-state index contributed by atoms with van der Waals surface area (Å²) in [7, 11) is -2.75. The van der Waals surface area contributed by atoms with Crippen LogP contribution in [-0.4, -0.2) is 74.3 Å². The fourth-order valence-corrected chi connectivity index (χ4v) is 5.60. The summed E-state index contributed by atoms with van der Waals surface area (Å²) in [4.78, 5) is 24.7. The molecule has 3 aromatic rings. The average Bonchev–Trinajstić information content (AvgIpc) is 3.45. The lowest BCUT2D eigenvalue weighted by Crippen LogP contribution is -2.42. The van der Waals surface area contributed by atoms with Gasteiger partial charge < -0.3 is 30.2 Å². The molecule has 0 bridgehead atoms. The molecule has 6 atom stereocenters. The summed E-state index contributed by atoms with van der Waals surface area (Å²) >= 11 is 0. The number of ether oxygens (including phenoxy) is 2. The second kappa shape index (κ2) is 12.0. The highest BCUT2D eigenvalue weighted by atomic mass is 31.2. The summed E-state index contributed by atoms with van der Waals surface area (Å²) in [6.07, 6.45) is 1.32. The van der Waals surface area contributed by atoms with Crippen LogP contribution in [0.25, 0.3) is 11.2 Å². The molecule has 1 saturated heterocycles. The minimum absolute atomic E-state index is 0.0927. The van der Waals surface area contributed by atoms with E-state index in [4.69, 9.17) is 30.7 Å². The van der Waals surface area contributed by atoms with Crippen LogP contribution in [-0.2, 0) is 23.4 Å². The van der Waals surface area contributed by atoms with Crippen LogP contribution in [0.2, 0.25) is 0 Å². The van der Waals surface area contributed by atoms with Crippen LogP contribution >= 0.6 is 7.75 Å². The number of hydrogen-bond acceptors (Lipinski definition) is 12. The summed E-state index contributed by atoms with van der Waals surface area (Å²) in [6, 6.07) is 6.92. The number of nitrogens with one attached hydrogen (secondary N) is 2. The van der Waals surface area contributed by atoms with Crippen LogP contribution in [0, 0.1) is 12.3 Å². The molecule has 16 heteroatoms. The summed E-state index contributed by atoms with van der Waals surface area (Å²) in [5, 5.41) is 16.2. The number of hydrogen-bond donors (Lipinski definition) is 4. The lowest BCUT2D eigenvalue weighted by Gasteiger charge is -2.25. The Morgan fingerprint density at radius 2 is 2.05 bits per heavy atom. The molecule has 0 radical (unpaired) electrons. The first-order chi connectivity index (χ1) is 19.4. The molecule has 0 saturated carbocycles. The molecule has 41 heavy (non-hydrogen) atoms. The van der Waals surface area contributed by atoms with Gasteiger partial charge in [0.2, 0.25) is 11.6 Å². The lowest BCUT2D eigenvalue weighted by molar-refractivity contribution is -0.149. The molecular formula is C25H31FN7O7P. The number of benzene rings is 1. The van der Waals surface area contributed by atoms with E-state index in [2.05, 4.69) is 25.4 Å². The summed E-state index contributed by atoms with van der Waals surface area (Å²) < 4.78 is 53.2. The number of carbonyl (C=O) groups excluding carboxylic acids is 1. The number of nitrogen functional groups attached to an aromatic ring is 1. The third kappa shape index (κ3) is 6.27. The number of aromatic nitrogens is 4. The Labute approximate surface area is 235 Å². The Balaban J connectivity index is 1.60. The second-order valence-electron chi connectivity index (χ2n) is 9.42. The van der Waals surface area contributed by atoms with Gasteiger partial charge >= 0.3 is 13.7 Å². The van der Waals surface area contributed by atoms with Crippen molar-refractivity contribution in [2.24, 2.45) is 0 Å². The topological polar surface area (TPSA) is 185 Å². The predicted molar refractivity (Wildman–Crippen MR) is 146 cm³/mol. The Bertz CT molecular complexity index is 1480. The number of para-hydroxylation sites is 1. The molecule has 1 fully saturated rings. The van der Waals surface area contributed by atoms with E-state index in [1.807, 2.05) is 5.92 Å². The van der Waals surface area contributed by atoms with Gasteiger partial charge in [-0.05, 0) is 32.9 Å². The molecule has 220 valence electrons. The molecular weight excluding hydrogens is 560 g/mol. The fraction of sp³-hybridized carbons (Fsp3) is 0.440. The van der Waals surface area contributed by atoms with E-state index in [9.17, 15) is 14.5 Å².